The summed E-state index contributed by atoms with van der Waals surface area (Å²) in [6.45, 7) is -0.0792. The van der Waals surface area contributed by atoms with E-state index in [1.165, 1.54) is 0 Å². The highest BCUT2D eigenvalue weighted by atomic mass is 16.6. The molecule has 0 bridgehead atoms. The molecule has 6 heteroatoms. The second-order valence-electron chi connectivity index (χ2n) is 3.39. The van der Waals surface area contributed by atoms with Crippen molar-refractivity contribution < 1.29 is 9.66 Å². The number of aromatic nitrogens is 2. The van der Waals surface area contributed by atoms with Crippen LogP contribution in [0.2, 0.25) is 0 Å². The standard InChI is InChI=1S/C10H11N3O3/c1-16-8-4-9-7(2-3-13(14)15)5-11-10(9)12-6-8/h4-6H,2-3H2,1H3,(H,11,12). The average Bonchev–Trinajstić information content (AvgIpc) is 2.68. The summed E-state index contributed by atoms with van der Waals surface area (Å²) in [5.74, 6) is 0.648. The zero-order valence-electron chi connectivity index (χ0n) is 8.77. The van der Waals surface area contributed by atoms with Crippen LogP contribution in [0.15, 0.2) is 18.5 Å². The highest BCUT2D eigenvalue weighted by Gasteiger charge is 2.08. The van der Waals surface area contributed by atoms with Crippen molar-refractivity contribution in [2.24, 2.45) is 0 Å². The van der Waals surface area contributed by atoms with Crippen molar-refractivity contribution in [3.05, 3.63) is 34.1 Å². The van der Waals surface area contributed by atoms with Gasteiger partial charge in [0.2, 0.25) is 6.54 Å². The van der Waals surface area contributed by atoms with Gasteiger partial charge in [0.1, 0.15) is 11.4 Å². The quantitative estimate of drug-likeness (QED) is 0.624. The fraction of sp³-hybridized carbons (Fsp3) is 0.300. The van der Waals surface area contributed by atoms with E-state index in [0.29, 0.717) is 12.2 Å². The number of nitro groups is 1. The maximum Gasteiger partial charge on any atom is 0.207 e. The third-order valence-electron chi connectivity index (χ3n) is 2.39. The van der Waals surface area contributed by atoms with Crippen molar-refractivity contribution in [1.82, 2.24) is 9.97 Å². The average molecular weight is 221 g/mol. The van der Waals surface area contributed by atoms with E-state index >= 15 is 0 Å². The molecule has 0 spiro atoms. The lowest BCUT2D eigenvalue weighted by Gasteiger charge is -1.99. The Hall–Kier alpha value is -2.11. The van der Waals surface area contributed by atoms with E-state index in [0.717, 1.165) is 16.6 Å². The van der Waals surface area contributed by atoms with Crippen molar-refractivity contribution in [3.8, 4) is 5.75 Å². The Balaban J connectivity index is 2.34. The molecule has 0 aromatic carbocycles. The molecular weight excluding hydrogens is 210 g/mol. The van der Waals surface area contributed by atoms with Gasteiger partial charge in [-0.2, -0.15) is 0 Å². The molecule has 6 nitrogen and oxygen atoms in total. The first-order chi connectivity index (χ1) is 7.70. The maximum absolute atomic E-state index is 10.3. The Bertz CT molecular complexity index is 521. The topological polar surface area (TPSA) is 81.0 Å². The van der Waals surface area contributed by atoms with Crippen LogP contribution in [0, 0.1) is 10.1 Å². The minimum absolute atomic E-state index is 0.0792. The molecule has 0 unspecified atom stereocenters. The zero-order chi connectivity index (χ0) is 11.5. The minimum Gasteiger partial charge on any atom is -0.495 e. The summed E-state index contributed by atoms with van der Waals surface area (Å²) in [5.41, 5.74) is 1.61. The number of hydrogen-bond donors (Lipinski definition) is 1. The zero-order valence-corrected chi connectivity index (χ0v) is 8.77. The summed E-state index contributed by atoms with van der Waals surface area (Å²) in [7, 11) is 1.56. The van der Waals surface area contributed by atoms with Gasteiger partial charge in [0.15, 0.2) is 0 Å². The number of methoxy groups -OCH3 is 1. The fourth-order valence-electron chi connectivity index (χ4n) is 1.57. The number of aromatic amines is 1. The van der Waals surface area contributed by atoms with E-state index in [9.17, 15) is 10.1 Å². The Morgan fingerprint density at radius 1 is 1.62 bits per heavy atom. The van der Waals surface area contributed by atoms with Gasteiger partial charge in [-0.1, -0.05) is 0 Å². The number of nitrogens with zero attached hydrogens (tertiary/aromatic N) is 2. The Labute approximate surface area is 91.4 Å². The molecule has 84 valence electrons. The molecule has 0 amide bonds. The predicted molar refractivity (Wildman–Crippen MR) is 58.2 cm³/mol. The summed E-state index contributed by atoms with van der Waals surface area (Å²) in [5, 5.41) is 11.2. The van der Waals surface area contributed by atoms with Gasteiger partial charge in [0, 0.05) is 22.9 Å². The van der Waals surface area contributed by atoms with Crippen LogP contribution in [0.5, 0.6) is 5.75 Å². The smallest absolute Gasteiger partial charge is 0.207 e. The SMILES string of the molecule is COc1cnc2[nH]cc(CC[N+](=O)[O-])c2c1. The number of pyridine rings is 1. The third-order valence-corrected chi connectivity index (χ3v) is 2.39. The summed E-state index contributed by atoms with van der Waals surface area (Å²) in [6.07, 6.45) is 3.75. The highest BCUT2D eigenvalue weighted by molar-refractivity contribution is 5.80. The Morgan fingerprint density at radius 2 is 2.44 bits per heavy atom. The summed E-state index contributed by atoms with van der Waals surface area (Å²) in [4.78, 5) is 17.1. The van der Waals surface area contributed by atoms with Crippen molar-refractivity contribution in [3.63, 3.8) is 0 Å². The van der Waals surface area contributed by atoms with Gasteiger partial charge < -0.3 is 9.72 Å². The summed E-state index contributed by atoms with van der Waals surface area (Å²) < 4.78 is 5.06. The van der Waals surface area contributed by atoms with Crippen LogP contribution in [0.1, 0.15) is 5.56 Å². The molecule has 2 aromatic rings. The lowest BCUT2D eigenvalue weighted by atomic mass is 10.1. The molecule has 0 fully saturated rings. The molecular formula is C10H11N3O3. The van der Waals surface area contributed by atoms with Crippen LogP contribution >= 0.6 is 0 Å². The molecule has 16 heavy (non-hydrogen) atoms. The van der Waals surface area contributed by atoms with Crippen LogP contribution in [-0.2, 0) is 6.42 Å². The second-order valence-corrected chi connectivity index (χ2v) is 3.39. The van der Waals surface area contributed by atoms with Gasteiger partial charge in [0.05, 0.1) is 13.3 Å². The molecule has 1 N–H and O–H groups in total. The lowest BCUT2D eigenvalue weighted by Crippen LogP contribution is -2.03. The second kappa shape index (κ2) is 4.18. The predicted octanol–water partition coefficient (Wildman–Crippen LogP) is 1.39. The van der Waals surface area contributed by atoms with E-state index in [1.54, 1.807) is 19.5 Å². The van der Waals surface area contributed by atoms with Crippen molar-refractivity contribution in [2.45, 2.75) is 6.42 Å². The largest absolute Gasteiger partial charge is 0.495 e. The van der Waals surface area contributed by atoms with E-state index in [4.69, 9.17) is 4.74 Å². The molecule has 2 heterocycles. The molecule has 0 radical (unpaired) electrons. The molecule has 0 aliphatic heterocycles. The molecule has 0 aliphatic carbocycles. The highest BCUT2D eigenvalue weighted by Crippen LogP contribution is 2.21. The Kier molecular flexibility index (Phi) is 2.72. The maximum atomic E-state index is 10.3. The number of rotatable bonds is 4. The normalized spacial score (nSPS) is 10.6. The van der Waals surface area contributed by atoms with Crippen molar-refractivity contribution in [1.29, 1.82) is 0 Å². The van der Waals surface area contributed by atoms with Gasteiger partial charge in [-0.3, -0.25) is 10.1 Å². The minimum atomic E-state index is -0.327. The van der Waals surface area contributed by atoms with Gasteiger partial charge in [-0.05, 0) is 11.6 Å². The first kappa shape index (κ1) is 10.4. The van der Waals surface area contributed by atoms with Gasteiger partial charge in [-0.25, -0.2) is 4.98 Å². The first-order valence-electron chi connectivity index (χ1n) is 4.82. The van der Waals surface area contributed by atoms with Crippen LogP contribution in [0.4, 0.5) is 0 Å². The number of fused-ring (bicyclic) bond motifs is 1. The van der Waals surface area contributed by atoms with Crippen LogP contribution in [-0.4, -0.2) is 28.5 Å². The molecule has 0 saturated carbocycles. The van der Waals surface area contributed by atoms with E-state index in [2.05, 4.69) is 9.97 Å². The molecule has 2 rings (SSSR count). The van der Waals surface area contributed by atoms with Gasteiger partial charge >= 0.3 is 0 Å². The first-order valence-corrected chi connectivity index (χ1v) is 4.82. The van der Waals surface area contributed by atoms with Gasteiger partial charge in [0.25, 0.3) is 0 Å². The fourth-order valence-corrected chi connectivity index (χ4v) is 1.57. The molecule has 2 aromatic heterocycles. The third kappa shape index (κ3) is 1.95. The monoisotopic (exact) mass is 221 g/mol. The van der Waals surface area contributed by atoms with Crippen LogP contribution in [0.3, 0.4) is 0 Å². The number of ether oxygens (including phenoxy) is 1. The Morgan fingerprint density at radius 3 is 3.12 bits per heavy atom. The van der Waals surface area contributed by atoms with Crippen molar-refractivity contribution in [2.75, 3.05) is 13.7 Å². The summed E-state index contributed by atoms with van der Waals surface area (Å²) in [6, 6.07) is 1.83. The van der Waals surface area contributed by atoms with Crippen molar-refractivity contribution >= 4 is 11.0 Å². The number of nitrogens with one attached hydrogen (secondary N) is 1. The lowest BCUT2D eigenvalue weighted by molar-refractivity contribution is -0.479. The van der Waals surface area contributed by atoms with Crippen LogP contribution < -0.4 is 4.74 Å². The molecule has 0 aliphatic rings. The van der Waals surface area contributed by atoms with Gasteiger partial charge in [-0.15, -0.1) is 0 Å². The van der Waals surface area contributed by atoms with E-state index in [-0.39, 0.29) is 11.5 Å². The molecule has 0 saturated heterocycles. The van der Waals surface area contributed by atoms with E-state index < -0.39 is 0 Å². The molecule has 0 atom stereocenters. The number of hydrogen-bond acceptors (Lipinski definition) is 4. The number of H-pyrrole nitrogens is 1. The van der Waals surface area contributed by atoms with Crippen LogP contribution in [0.25, 0.3) is 11.0 Å². The van der Waals surface area contributed by atoms with E-state index in [1.807, 2.05) is 6.07 Å². The summed E-state index contributed by atoms with van der Waals surface area (Å²) >= 11 is 0.